The van der Waals surface area contributed by atoms with E-state index in [1.54, 1.807) is 34.6 Å². The molecule has 1 aromatic heterocycles. The van der Waals surface area contributed by atoms with Crippen LogP contribution in [0.3, 0.4) is 0 Å². The van der Waals surface area contributed by atoms with E-state index < -0.39 is 72.4 Å². The van der Waals surface area contributed by atoms with Crippen LogP contribution in [0.1, 0.15) is 60.3 Å². The minimum Gasteiger partial charge on any atom is -0.462 e. The number of aliphatic hydroxyl groups is 1. The van der Waals surface area contributed by atoms with Crippen LogP contribution in [0.4, 0.5) is 0 Å². The molecule has 1 fully saturated rings. The SMILES string of the molecule is CC(C)OC(=O)[C@@H](C)NP(=O)(OCCSC(=O)C(C)(C)C)OC[C@H]1O[C@@H](n2ccc(=O)n(COCc3ccccc3)c2=O)[C@](C)(Cl)[C@@H]1O. The Hall–Kier alpha value is -2.33. The van der Waals surface area contributed by atoms with Gasteiger partial charge in [-0.05, 0) is 33.3 Å². The van der Waals surface area contributed by atoms with Gasteiger partial charge in [-0.2, -0.15) is 0 Å². The summed E-state index contributed by atoms with van der Waals surface area (Å²) in [6, 6.07) is 9.23. The fourth-order valence-electron chi connectivity index (χ4n) is 4.42. The van der Waals surface area contributed by atoms with Crippen LogP contribution >= 0.6 is 31.1 Å². The van der Waals surface area contributed by atoms with Gasteiger partial charge in [0, 0.05) is 23.4 Å². The molecule has 0 radical (unpaired) electrons. The molecule has 0 saturated carbocycles. The first-order chi connectivity index (χ1) is 22.4. The van der Waals surface area contributed by atoms with Crippen molar-refractivity contribution in [3.8, 4) is 0 Å². The van der Waals surface area contributed by atoms with Crippen LogP contribution in [-0.2, 0) is 50.7 Å². The molecule has 48 heavy (non-hydrogen) atoms. The molecule has 2 heterocycles. The fraction of sp³-hybridized carbons (Fsp3) is 0.613. The number of hydrogen-bond acceptors (Lipinski definition) is 12. The van der Waals surface area contributed by atoms with Gasteiger partial charge in [-0.15, -0.1) is 11.6 Å². The van der Waals surface area contributed by atoms with Crippen molar-refractivity contribution in [2.45, 2.75) is 97.3 Å². The predicted molar refractivity (Wildman–Crippen MR) is 181 cm³/mol. The topological polar surface area (TPSA) is 174 Å². The van der Waals surface area contributed by atoms with E-state index in [0.29, 0.717) is 0 Å². The zero-order chi connectivity index (χ0) is 35.9. The number of rotatable bonds is 16. The van der Waals surface area contributed by atoms with Gasteiger partial charge in [0.1, 0.15) is 29.9 Å². The van der Waals surface area contributed by atoms with Crippen molar-refractivity contribution < 1.29 is 42.5 Å². The molecule has 0 aliphatic carbocycles. The molecule has 1 aromatic carbocycles. The summed E-state index contributed by atoms with van der Waals surface area (Å²) in [5.41, 5.74) is -1.16. The maximum Gasteiger partial charge on any atom is 0.406 e. The largest absolute Gasteiger partial charge is 0.462 e. The van der Waals surface area contributed by atoms with E-state index in [1.165, 1.54) is 20.0 Å². The van der Waals surface area contributed by atoms with Crippen LogP contribution in [0.25, 0.3) is 0 Å². The second kappa shape index (κ2) is 17.1. The smallest absolute Gasteiger partial charge is 0.406 e. The Morgan fingerprint density at radius 1 is 1.15 bits per heavy atom. The second-order valence-corrected chi connectivity index (χ2v) is 16.4. The van der Waals surface area contributed by atoms with Crippen molar-refractivity contribution in [3.63, 3.8) is 0 Å². The van der Waals surface area contributed by atoms with E-state index in [-0.39, 0.29) is 30.8 Å². The number of thioether (sulfide) groups is 1. The van der Waals surface area contributed by atoms with Gasteiger partial charge in [0.05, 0.1) is 25.9 Å². The van der Waals surface area contributed by atoms with E-state index >= 15 is 0 Å². The summed E-state index contributed by atoms with van der Waals surface area (Å²) in [4.78, 5) is 49.1. The van der Waals surface area contributed by atoms with Gasteiger partial charge in [0.2, 0.25) is 0 Å². The quantitative estimate of drug-likeness (QED) is 0.110. The number of ether oxygens (including phenoxy) is 3. The summed E-state index contributed by atoms with van der Waals surface area (Å²) in [7, 11) is -4.29. The lowest BCUT2D eigenvalue weighted by Crippen LogP contribution is -2.46. The normalized spacial score (nSPS) is 23.2. The number of hydrogen-bond donors (Lipinski definition) is 2. The lowest BCUT2D eigenvalue weighted by Gasteiger charge is -2.27. The zero-order valence-corrected chi connectivity index (χ0v) is 30.6. The first kappa shape index (κ1) is 40.1. The molecule has 0 bridgehead atoms. The Morgan fingerprint density at radius 2 is 1.81 bits per heavy atom. The number of aliphatic hydroxyl groups excluding tert-OH is 1. The van der Waals surface area contributed by atoms with Crippen LogP contribution in [-0.4, -0.2) is 73.5 Å². The molecular formula is C31H45ClN3O11PS. The van der Waals surface area contributed by atoms with Crippen LogP contribution in [0.5, 0.6) is 0 Å². The number of nitrogens with one attached hydrogen (secondary N) is 1. The molecular weight excluding hydrogens is 689 g/mol. The number of carbonyl (C=O) groups is 2. The molecule has 1 saturated heterocycles. The van der Waals surface area contributed by atoms with Crippen molar-refractivity contribution in [1.29, 1.82) is 0 Å². The molecule has 17 heteroatoms. The Bertz CT molecular complexity index is 1560. The van der Waals surface area contributed by atoms with E-state index in [1.807, 2.05) is 30.3 Å². The number of alkyl halides is 1. The first-order valence-electron chi connectivity index (χ1n) is 15.4. The van der Waals surface area contributed by atoms with Gasteiger partial charge in [0.15, 0.2) is 11.3 Å². The Balaban J connectivity index is 1.75. The zero-order valence-electron chi connectivity index (χ0n) is 28.1. The van der Waals surface area contributed by atoms with E-state index in [4.69, 9.17) is 34.9 Å². The molecule has 1 aliphatic heterocycles. The minimum absolute atomic E-state index is 0.0945. The summed E-state index contributed by atoms with van der Waals surface area (Å²) in [5, 5.41) is 13.6. The molecule has 6 atom stereocenters. The lowest BCUT2D eigenvalue weighted by atomic mass is 10.00. The van der Waals surface area contributed by atoms with Crippen molar-refractivity contribution >= 4 is 42.2 Å². The van der Waals surface area contributed by atoms with Crippen LogP contribution in [0.2, 0.25) is 0 Å². The van der Waals surface area contributed by atoms with Crippen molar-refractivity contribution in [1.82, 2.24) is 14.2 Å². The van der Waals surface area contributed by atoms with E-state index in [2.05, 4.69) is 5.09 Å². The Morgan fingerprint density at radius 3 is 2.44 bits per heavy atom. The standard InChI is InChI=1S/C31H45ClN3O11PS/c1-20(2)45-26(38)21(3)33-47(41,43-15-16-48-28(39)30(4,5)6)44-18-23-25(37)31(7,32)27(46-23)34-14-13-24(36)35(29(34)40)19-42-17-22-11-9-8-10-12-22/h8-14,20-21,23,25,27,37H,15-19H2,1-7H3,(H,33,41)/t21-,23-,25-,27-,31-,47?/m1/s1. The maximum atomic E-state index is 13.8. The van der Waals surface area contributed by atoms with Crippen LogP contribution in [0, 0.1) is 5.41 Å². The van der Waals surface area contributed by atoms with Gasteiger partial charge < -0.3 is 19.3 Å². The van der Waals surface area contributed by atoms with Gasteiger partial charge >= 0.3 is 19.4 Å². The highest BCUT2D eigenvalue weighted by Gasteiger charge is 2.54. The maximum absolute atomic E-state index is 13.8. The van der Waals surface area contributed by atoms with E-state index in [0.717, 1.165) is 32.5 Å². The summed E-state index contributed by atoms with van der Waals surface area (Å²) in [6.07, 6.45) is -3.20. The number of carbonyl (C=O) groups excluding carboxylic acids is 2. The van der Waals surface area contributed by atoms with Gasteiger partial charge in [-0.3, -0.25) is 28.0 Å². The monoisotopic (exact) mass is 733 g/mol. The second-order valence-electron chi connectivity index (χ2n) is 12.7. The highest BCUT2D eigenvalue weighted by Crippen LogP contribution is 2.48. The number of aromatic nitrogens is 2. The van der Waals surface area contributed by atoms with Crippen LogP contribution in [0.15, 0.2) is 52.2 Å². The molecule has 0 spiro atoms. The fourth-order valence-corrected chi connectivity index (χ4v) is 7.11. The average Bonchev–Trinajstić information content (AvgIpc) is 3.23. The third-order valence-electron chi connectivity index (χ3n) is 7.05. The predicted octanol–water partition coefficient (Wildman–Crippen LogP) is 3.82. The number of nitrogens with zero attached hydrogens (tertiary/aromatic N) is 2. The third-order valence-corrected chi connectivity index (χ3v) is 10.4. The van der Waals surface area contributed by atoms with Crippen molar-refractivity contribution in [3.05, 3.63) is 69.0 Å². The minimum atomic E-state index is -4.29. The summed E-state index contributed by atoms with van der Waals surface area (Å²) in [6.45, 7) is 10.6. The number of halogens is 1. The molecule has 1 unspecified atom stereocenters. The first-order valence-corrected chi connectivity index (χ1v) is 18.3. The van der Waals surface area contributed by atoms with Gasteiger partial charge in [0.25, 0.3) is 5.56 Å². The average molecular weight is 734 g/mol. The molecule has 14 nitrogen and oxygen atoms in total. The van der Waals surface area contributed by atoms with Gasteiger partial charge in [-0.1, -0.05) is 62.9 Å². The van der Waals surface area contributed by atoms with E-state index in [9.17, 15) is 28.8 Å². The summed E-state index contributed by atoms with van der Waals surface area (Å²) >= 11 is 7.73. The Labute approximate surface area is 289 Å². The highest BCUT2D eigenvalue weighted by atomic mass is 35.5. The summed E-state index contributed by atoms with van der Waals surface area (Å²) in [5.74, 6) is -0.559. The van der Waals surface area contributed by atoms with Crippen molar-refractivity contribution in [2.24, 2.45) is 5.41 Å². The molecule has 2 N–H and O–H groups in total. The number of benzene rings is 1. The van der Waals surface area contributed by atoms with Gasteiger partial charge in [-0.25, -0.2) is 19.0 Å². The summed E-state index contributed by atoms with van der Waals surface area (Å²) < 4.78 is 43.7. The Kier molecular flexibility index (Phi) is 14.3. The lowest BCUT2D eigenvalue weighted by molar-refractivity contribution is -0.149. The van der Waals surface area contributed by atoms with Crippen LogP contribution < -0.4 is 16.3 Å². The molecule has 3 rings (SSSR count). The van der Waals surface area contributed by atoms with Crippen molar-refractivity contribution in [2.75, 3.05) is 19.0 Å². The number of esters is 1. The molecule has 268 valence electrons. The molecule has 0 amide bonds. The molecule has 2 aromatic rings. The third kappa shape index (κ3) is 10.8. The molecule has 1 aliphatic rings. The highest BCUT2D eigenvalue weighted by molar-refractivity contribution is 8.13.